The number of hydrogen-bond donors (Lipinski definition) is 1. The first-order valence-corrected chi connectivity index (χ1v) is 2.76. The first-order valence-electron chi connectivity index (χ1n) is 2.76. The monoisotopic (exact) mass is 256 g/mol. The van der Waals surface area contributed by atoms with Gasteiger partial charge in [-0.2, -0.15) is 0 Å². The van der Waals surface area contributed by atoms with Crippen LogP contribution < -0.4 is 0 Å². The molecule has 98 valence electrons. The van der Waals surface area contributed by atoms with Crippen LogP contribution in [-0.4, -0.2) is 12.4 Å². The van der Waals surface area contributed by atoms with Crippen LogP contribution in [0.1, 0.15) is 0 Å². The van der Waals surface area contributed by atoms with Crippen molar-refractivity contribution in [3.05, 3.63) is 0 Å². The average molecular weight is 256 g/mol. The van der Waals surface area contributed by atoms with E-state index in [2.05, 4.69) is 70.4 Å². The van der Waals surface area contributed by atoms with Crippen molar-refractivity contribution in [2.75, 3.05) is 7.11 Å². The summed E-state index contributed by atoms with van der Waals surface area (Å²) in [6, 6.07) is 0. The van der Waals surface area contributed by atoms with E-state index in [-0.39, 0.29) is 0 Å². The Labute approximate surface area is 84.1 Å². The molecule has 0 aromatic heterocycles. The lowest BCUT2D eigenvalue weighted by Crippen LogP contribution is -2.04. The Hall–Kier alpha value is -0.600. The molecule has 0 aliphatic rings. The van der Waals surface area contributed by atoms with E-state index in [1.165, 1.54) is 0 Å². The van der Waals surface area contributed by atoms with Gasteiger partial charge in [0.1, 0.15) is 0 Å². The van der Waals surface area contributed by atoms with E-state index in [1.54, 1.807) is 0 Å². The predicted octanol–water partition coefficient (Wildman–Crippen LogP) is -0.783. The molecular weight excluding hydrogens is 252 g/mol. The molecule has 0 saturated carbocycles. The molecule has 0 rings (SSSR count). The van der Waals surface area contributed by atoms with Crippen LogP contribution in [0.25, 0.3) is 0 Å². The van der Waals surface area contributed by atoms with Crippen molar-refractivity contribution >= 4 is 0 Å². The maximum atomic E-state index is 7.47. The van der Waals surface area contributed by atoms with Crippen molar-refractivity contribution in [2.24, 2.45) is 0 Å². The fraction of sp³-hybridized carbons (Fsp3) is 1.00. The quantitative estimate of drug-likeness (QED) is 0.249. The molecule has 0 aliphatic heterocycles. The van der Waals surface area contributed by atoms with Crippen LogP contribution in [-0.2, 0) is 70.4 Å². The van der Waals surface area contributed by atoms with Crippen molar-refractivity contribution in [2.45, 2.75) is 0 Å². The van der Waals surface area contributed by atoms with Gasteiger partial charge in [0.05, 0.1) is 7.11 Å². The topological polar surface area (TPSA) is 149 Å². The summed E-state index contributed by atoms with van der Waals surface area (Å²) in [6.45, 7) is 0. The maximum Gasteiger partial charge on any atom is 0.0745 e. The van der Waals surface area contributed by atoms with Gasteiger partial charge in [-0.1, -0.05) is 0 Å². The van der Waals surface area contributed by atoms with E-state index in [9.17, 15) is 0 Å². The first kappa shape index (κ1) is 15.4. The molecule has 0 bridgehead atoms. The molecule has 0 saturated heterocycles. The molecule has 0 aromatic carbocycles. The van der Waals surface area contributed by atoms with E-state index >= 15 is 0 Å². The highest BCUT2D eigenvalue weighted by Crippen LogP contribution is 1.91. The highest BCUT2D eigenvalue weighted by Gasteiger charge is 1.97. The largest absolute Gasteiger partial charge is 0.219 e. The van der Waals surface area contributed by atoms with Gasteiger partial charge in [0, 0.05) is 0 Å². The van der Waals surface area contributed by atoms with Gasteiger partial charge in [-0.3, -0.25) is 0 Å². The highest BCUT2D eigenvalue weighted by atomic mass is 18.0. The van der Waals surface area contributed by atoms with Gasteiger partial charge in [-0.15, -0.1) is 0 Å². The van der Waals surface area contributed by atoms with Crippen molar-refractivity contribution in [1.82, 2.24) is 0 Å². The molecule has 15 heteroatoms. The molecule has 0 radical (unpaired) electrons. The van der Waals surface area contributed by atoms with Crippen LogP contribution in [0.5, 0.6) is 0 Å². The fourth-order valence-corrected chi connectivity index (χ4v) is 0.154. The Morgan fingerprint density at radius 1 is 0.500 bits per heavy atom. The second-order valence-electron chi connectivity index (χ2n) is 1.06. The molecule has 0 unspecified atom stereocenters. The van der Waals surface area contributed by atoms with Crippen LogP contribution in [0.2, 0.25) is 0 Å². The SMILES string of the molecule is COOOOOOOOOOOOOOO. The lowest BCUT2D eigenvalue weighted by molar-refractivity contribution is -0.879. The molecule has 1 N–H and O–H groups in total. The standard InChI is InChI=1S/CH4O15/c1-3-5-7-9-11-13-15-16-14-12-10-8-6-4-2/h2H,1H3. The molecule has 0 aliphatic carbocycles. The van der Waals surface area contributed by atoms with Crippen LogP contribution in [0.4, 0.5) is 0 Å². The van der Waals surface area contributed by atoms with Crippen LogP contribution in [0.3, 0.4) is 0 Å². The average Bonchev–Trinajstić information content (AvgIpc) is 2.31. The summed E-state index contributed by atoms with van der Waals surface area (Å²) in [5.41, 5.74) is 0. The van der Waals surface area contributed by atoms with E-state index in [0.717, 1.165) is 7.11 Å². The maximum absolute atomic E-state index is 7.47. The summed E-state index contributed by atoms with van der Waals surface area (Å²) >= 11 is 0. The lowest BCUT2D eigenvalue weighted by Gasteiger charge is -1.97. The van der Waals surface area contributed by atoms with E-state index in [1.807, 2.05) is 0 Å². The van der Waals surface area contributed by atoms with E-state index < -0.39 is 0 Å². The minimum absolute atomic E-state index is 1.11. The zero-order chi connectivity index (χ0) is 11.9. The first-order chi connectivity index (χ1) is 7.91. The smallest absolute Gasteiger partial charge is 0.0745 e. The summed E-state index contributed by atoms with van der Waals surface area (Å²) in [5.74, 6) is 0. The minimum atomic E-state index is 1.11. The van der Waals surface area contributed by atoms with Gasteiger partial charge in [0.25, 0.3) is 0 Å². The Balaban J connectivity index is 2.83. The molecule has 0 amide bonds. The zero-order valence-corrected chi connectivity index (χ0v) is 7.16. The summed E-state index contributed by atoms with van der Waals surface area (Å²) in [5, 5.41) is 52.0. The van der Waals surface area contributed by atoms with Crippen molar-refractivity contribution in [3.63, 3.8) is 0 Å². The molecule has 0 atom stereocenters. The molecule has 0 heterocycles. The predicted molar refractivity (Wildman–Crippen MR) is 23.7 cm³/mol. The summed E-state index contributed by atoms with van der Waals surface area (Å²) in [7, 11) is 1.11. The van der Waals surface area contributed by atoms with Gasteiger partial charge < -0.3 is 0 Å². The lowest BCUT2D eigenvalue weighted by atomic mass is 11.8. The summed E-state index contributed by atoms with van der Waals surface area (Å²) < 4.78 is 0. The second-order valence-corrected chi connectivity index (χ2v) is 1.06. The minimum Gasteiger partial charge on any atom is -0.219 e. The zero-order valence-electron chi connectivity index (χ0n) is 7.16. The molecular formula is CH4O15. The molecule has 16 heavy (non-hydrogen) atoms. The Morgan fingerprint density at radius 2 is 0.812 bits per heavy atom. The van der Waals surface area contributed by atoms with Crippen molar-refractivity contribution in [3.8, 4) is 0 Å². The summed E-state index contributed by atoms with van der Waals surface area (Å²) in [4.78, 5) is 3.86. The third-order valence-corrected chi connectivity index (χ3v) is 0.404. The van der Waals surface area contributed by atoms with E-state index in [4.69, 9.17) is 5.26 Å². The third kappa shape index (κ3) is 13.4. The Bertz CT molecular complexity index is 98.0. The molecule has 0 aromatic rings. The normalized spacial score (nSPS) is 10.9. The van der Waals surface area contributed by atoms with Crippen molar-refractivity contribution < 1.29 is 75.6 Å². The molecule has 0 spiro atoms. The van der Waals surface area contributed by atoms with E-state index in [0.29, 0.717) is 0 Å². The summed E-state index contributed by atoms with van der Waals surface area (Å²) in [6.07, 6.45) is 0. The van der Waals surface area contributed by atoms with Crippen molar-refractivity contribution in [1.29, 1.82) is 0 Å². The van der Waals surface area contributed by atoms with Crippen LogP contribution >= 0.6 is 0 Å². The Morgan fingerprint density at radius 3 is 1.12 bits per heavy atom. The van der Waals surface area contributed by atoms with Gasteiger partial charge in [-0.05, 0) is 65.5 Å². The van der Waals surface area contributed by atoms with Gasteiger partial charge in [-0.25, -0.2) is 10.1 Å². The third-order valence-electron chi connectivity index (χ3n) is 0.404. The molecule has 15 nitrogen and oxygen atoms in total. The number of hydrogen-bond acceptors (Lipinski definition) is 15. The van der Waals surface area contributed by atoms with Gasteiger partial charge in [0.15, 0.2) is 0 Å². The second kappa shape index (κ2) is 14.4. The van der Waals surface area contributed by atoms with Crippen LogP contribution in [0.15, 0.2) is 0 Å². The Kier molecular flexibility index (Phi) is 13.9. The molecule has 0 fully saturated rings. The number of rotatable bonds is 13. The fourth-order valence-electron chi connectivity index (χ4n) is 0.154. The van der Waals surface area contributed by atoms with Crippen LogP contribution in [0, 0.1) is 0 Å². The highest BCUT2D eigenvalue weighted by molar-refractivity contribution is 3.35. The van der Waals surface area contributed by atoms with Gasteiger partial charge in [0.2, 0.25) is 0 Å². The van der Waals surface area contributed by atoms with Gasteiger partial charge >= 0.3 is 0 Å².